The maximum Gasteiger partial charge on any atom is 0.216 e. The van der Waals surface area contributed by atoms with Crippen LogP contribution in [0.4, 0.5) is 0 Å². The van der Waals surface area contributed by atoms with Gasteiger partial charge < -0.3 is 9.47 Å². The highest BCUT2D eigenvalue weighted by atomic mass is 79.9. The first-order chi connectivity index (χ1) is 12.6. The molecule has 0 unspecified atom stereocenters. The molecule has 0 spiro atoms. The maximum atomic E-state index is 5.47. The molecule has 0 aliphatic heterocycles. The summed E-state index contributed by atoms with van der Waals surface area (Å²) >= 11 is 8.76. The Balaban J connectivity index is 1.90. The Morgan fingerprint density at radius 1 is 1.27 bits per heavy atom. The van der Waals surface area contributed by atoms with Gasteiger partial charge in [0.05, 0.1) is 24.4 Å². The zero-order valence-corrected chi connectivity index (χ0v) is 16.7. The SMILES string of the molecule is CCOc1ccc(-c2n[nH]c(=S)n2/N=C/c2ccc(OC)c(Br)c2)cc1. The Morgan fingerprint density at radius 3 is 2.69 bits per heavy atom. The molecule has 1 N–H and O–H groups in total. The number of nitrogens with zero attached hydrogens (tertiary/aromatic N) is 3. The van der Waals surface area contributed by atoms with Crippen molar-refractivity contribution >= 4 is 34.4 Å². The van der Waals surface area contributed by atoms with Crippen LogP contribution >= 0.6 is 28.1 Å². The van der Waals surface area contributed by atoms with Gasteiger partial charge in [0.15, 0.2) is 5.82 Å². The summed E-state index contributed by atoms with van der Waals surface area (Å²) in [5.74, 6) is 2.20. The van der Waals surface area contributed by atoms with Crippen molar-refractivity contribution in [3.8, 4) is 22.9 Å². The fourth-order valence-electron chi connectivity index (χ4n) is 2.34. The number of hydrogen-bond donors (Lipinski definition) is 1. The predicted octanol–water partition coefficient (Wildman–Crippen LogP) is 4.66. The normalized spacial score (nSPS) is 11.0. The third-order valence-corrected chi connectivity index (χ3v) is 4.46. The average molecular weight is 433 g/mol. The van der Waals surface area contributed by atoms with Gasteiger partial charge in [-0.05, 0) is 83.1 Å². The molecule has 26 heavy (non-hydrogen) atoms. The quantitative estimate of drug-likeness (QED) is 0.454. The summed E-state index contributed by atoms with van der Waals surface area (Å²) in [5.41, 5.74) is 1.78. The number of nitrogens with one attached hydrogen (secondary N) is 1. The molecular weight excluding hydrogens is 416 g/mol. The summed E-state index contributed by atoms with van der Waals surface area (Å²) in [5, 5.41) is 11.5. The van der Waals surface area contributed by atoms with Crippen LogP contribution in [0, 0.1) is 4.77 Å². The van der Waals surface area contributed by atoms with Gasteiger partial charge in [0.25, 0.3) is 0 Å². The molecule has 134 valence electrons. The number of hydrogen-bond acceptors (Lipinski definition) is 5. The van der Waals surface area contributed by atoms with Crippen molar-refractivity contribution in [2.24, 2.45) is 5.10 Å². The van der Waals surface area contributed by atoms with Crippen molar-refractivity contribution in [1.29, 1.82) is 0 Å². The van der Waals surface area contributed by atoms with Gasteiger partial charge >= 0.3 is 0 Å². The van der Waals surface area contributed by atoms with Crippen LogP contribution in [0.25, 0.3) is 11.4 Å². The molecule has 0 saturated carbocycles. The van der Waals surface area contributed by atoms with E-state index in [0.29, 0.717) is 17.2 Å². The Kier molecular flexibility index (Phi) is 5.85. The third kappa shape index (κ3) is 4.03. The van der Waals surface area contributed by atoms with Crippen LogP contribution in [0.5, 0.6) is 11.5 Å². The van der Waals surface area contributed by atoms with Crippen molar-refractivity contribution in [2.75, 3.05) is 13.7 Å². The van der Waals surface area contributed by atoms with Crippen molar-refractivity contribution < 1.29 is 9.47 Å². The lowest BCUT2D eigenvalue weighted by Crippen LogP contribution is -1.96. The molecule has 0 fully saturated rings. The van der Waals surface area contributed by atoms with E-state index >= 15 is 0 Å². The van der Waals surface area contributed by atoms with Crippen molar-refractivity contribution in [3.63, 3.8) is 0 Å². The molecule has 2 aromatic carbocycles. The number of aromatic amines is 1. The third-order valence-electron chi connectivity index (χ3n) is 3.57. The van der Waals surface area contributed by atoms with E-state index in [0.717, 1.165) is 27.1 Å². The van der Waals surface area contributed by atoms with E-state index in [-0.39, 0.29) is 0 Å². The first kappa shape index (κ1) is 18.3. The van der Waals surface area contributed by atoms with Gasteiger partial charge in [-0.3, -0.25) is 0 Å². The number of rotatable bonds is 6. The standard InChI is InChI=1S/C18H17BrN4O2S/c1-3-25-14-7-5-13(6-8-14)17-21-22-18(26)23(17)20-11-12-4-9-16(24-2)15(19)10-12/h4-11H,3H2,1-2H3,(H,22,26)/b20-11+. The lowest BCUT2D eigenvalue weighted by molar-refractivity contribution is 0.340. The van der Waals surface area contributed by atoms with Crippen LogP contribution in [0.1, 0.15) is 12.5 Å². The molecule has 6 nitrogen and oxygen atoms in total. The minimum Gasteiger partial charge on any atom is -0.496 e. The molecule has 0 atom stereocenters. The summed E-state index contributed by atoms with van der Waals surface area (Å²) < 4.78 is 13.6. The fraction of sp³-hybridized carbons (Fsp3) is 0.167. The molecule has 3 aromatic rings. The number of aromatic nitrogens is 3. The first-order valence-electron chi connectivity index (χ1n) is 7.91. The number of H-pyrrole nitrogens is 1. The van der Waals surface area contributed by atoms with Crippen LogP contribution in [0.15, 0.2) is 52.0 Å². The van der Waals surface area contributed by atoms with Gasteiger partial charge in [-0.25, -0.2) is 5.10 Å². The molecule has 0 amide bonds. The molecule has 0 bridgehead atoms. The first-order valence-corrected chi connectivity index (χ1v) is 9.11. The second-order valence-corrected chi connectivity index (χ2v) is 6.50. The van der Waals surface area contributed by atoms with Crippen LogP contribution in [-0.2, 0) is 0 Å². The molecule has 0 aliphatic rings. The largest absolute Gasteiger partial charge is 0.496 e. The van der Waals surface area contributed by atoms with Crippen LogP contribution in [-0.4, -0.2) is 34.8 Å². The van der Waals surface area contributed by atoms with Gasteiger partial charge in [0.1, 0.15) is 11.5 Å². The van der Waals surface area contributed by atoms with E-state index in [4.69, 9.17) is 21.7 Å². The Morgan fingerprint density at radius 2 is 2.04 bits per heavy atom. The second-order valence-electron chi connectivity index (χ2n) is 5.26. The summed E-state index contributed by atoms with van der Waals surface area (Å²) in [6.07, 6.45) is 1.72. The summed E-state index contributed by atoms with van der Waals surface area (Å²) in [6, 6.07) is 13.3. The summed E-state index contributed by atoms with van der Waals surface area (Å²) in [6.45, 7) is 2.57. The number of halogens is 1. The Labute approximate surface area is 164 Å². The van der Waals surface area contributed by atoms with E-state index in [1.165, 1.54) is 0 Å². The smallest absolute Gasteiger partial charge is 0.216 e. The van der Waals surface area contributed by atoms with Crippen molar-refractivity contribution in [2.45, 2.75) is 6.92 Å². The topological polar surface area (TPSA) is 64.4 Å². The minimum absolute atomic E-state index is 0.415. The molecule has 0 radical (unpaired) electrons. The van der Waals surface area contributed by atoms with Gasteiger partial charge in [0, 0.05) is 5.56 Å². The summed E-state index contributed by atoms with van der Waals surface area (Å²) in [4.78, 5) is 0. The molecule has 1 heterocycles. The molecule has 8 heteroatoms. The fourth-order valence-corrected chi connectivity index (χ4v) is 3.08. The van der Waals surface area contributed by atoms with E-state index in [9.17, 15) is 0 Å². The number of ether oxygens (including phenoxy) is 2. The molecule has 1 aromatic heterocycles. The number of methoxy groups -OCH3 is 1. The Hall–Kier alpha value is -2.45. The molecule has 0 aliphatic carbocycles. The van der Waals surface area contributed by atoms with Crippen molar-refractivity contribution in [3.05, 3.63) is 57.3 Å². The van der Waals surface area contributed by atoms with Gasteiger partial charge in [-0.1, -0.05) is 0 Å². The maximum absolute atomic E-state index is 5.47. The second kappa shape index (κ2) is 8.29. The monoisotopic (exact) mass is 432 g/mol. The van der Waals surface area contributed by atoms with Crippen LogP contribution < -0.4 is 9.47 Å². The molecular formula is C18H17BrN4O2S. The predicted molar refractivity (Wildman–Crippen MR) is 108 cm³/mol. The van der Waals surface area contributed by atoms with E-state index in [1.807, 2.05) is 49.4 Å². The van der Waals surface area contributed by atoms with E-state index in [1.54, 1.807) is 18.0 Å². The highest BCUT2D eigenvalue weighted by molar-refractivity contribution is 9.10. The molecule has 3 rings (SSSR count). The zero-order valence-electron chi connectivity index (χ0n) is 14.3. The van der Waals surface area contributed by atoms with Crippen molar-refractivity contribution in [1.82, 2.24) is 14.9 Å². The Bertz CT molecular complexity index is 980. The minimum atomic E-state index is 0.415. The lowest BCUT2D eigenvalue weighted by atomic mass is 10.2. The zero-order chi connectivity index (χ0) is 18.5. The highest BCUT2D eigenvalue weighted by Crippen LogP contribution is 2.25. The van der Waals surface area contributed by atoms with E-state index in [2.05, 4.69) is 31.2 Å². The average Bonchev–Trinajstić information content (AvgIpc) is 3.01. The lowest BCUT2D eigenvalue weighted by Gasteiger charge is -2.05. The summed E-state index contributed by atoms with van der Waals surface area (Å²) in [7, 11) is 1.63. The highest BCUT2D eigenvalue weighted by Gasteiger charge is 2.08. The van der Waals surface area contributed by atoms with Gasteiger partial charge in [-0.2, -0.15) is 14.9 Å². The van der Waals surface area contributed by atoms with Crippen LogP contribution in [0.2, 0.25) is 0 Å². The number of benzene rings is 2. The van der Waals surface area contributed by atoms with Crippen LogP contribution in [0.3, 0.4) is 0 Å². The van der Waals surface area contributed by atoms with Gasteiger partial charge in [-0.15, -0.1) is 0 Å². The molecule has 0 saturated heterocycles. The van der Waals surface area contributed by atoms with E-state index < -0.39 is 0 Å². The van der Waals surface area contributed by atoms with Gasteiger partial charge in [0.2, 0.25) is 4.77 Å².